The molecule has 8 heteroatoms. The SMILES string of the molecule is Cc1cccc(-c2ccc(/N=N/c3cc(S(=O)(=O)O)c4ccccc4c3N)cn2)c1. The number of pyridine rings is 1. The highest BCUT2D eigenvalue weighted by molar-refractivity contribution is 7.86. The van der Waals surface area contributed by atoms with E-state index in [2.05, 4.69) is 15.2 Å². The van der Waals surface area contributed by atoms with Crippen molar-refractivity contribution >= 4 is 38.0 Å². The van der Waals surface area contributed by atoms with Crippen LogP contribution in [0, 0.1) is 6.92 Å². The van der Waals surface area contributed by atoms with Crippen molar-refractivity contribution in [2.45, 2.75) is 11.8 Å². The molecular formula is C22H18N4O3S. The highest BCUT2D eigenvalue weighted by Crippen LogP contribution is 2.36. The van der Waals surface area contributed by atoms with Gasteiger partial charge in [0.15, 0.2) is 0 Å². The van der Waals surface area contributed by atoms with Crippen LogP contribution in [-0.4, -0.2) is 18.0 Å². The van der Waals surface area contributed by atoms with Crippen LogP contribution in [0.25, 0.3) is 22.0 Å². The molecule has 0 aliphatic heterocycles. The number of nitrogen functional groups attached to an aromatic ring is 1. The van der Waals surface area contributed by atoms with Crippen molar-refractivity contribution in [3.63, 3.8) is 0 Å². The van der Waals surface area contributed by atoms with Gasteiger partial charge in [0, 0.05) is 16.3 Å². The molecule has 0 radical (unpaired) electrons. The van der Waals surface area contributed by atoms with Gasteiger partial charge in [0.1, 0.15) is 16.3 Å². The molecule has 4 aromatic rings. The van der Waals surface area contributed by atoms with E-state index >= 15 is 0 Å². The number of azo groups is 1. The van der Waals surface area contributed by atoms with Crippen molar-refractivity contribution in [1.82, 2.24) is 4.98 Å². The van der Waals surface area contributed by atoms with Gasteiger partial charge in [0.2, 0.25) is 0 Å². The quantitative estimate of drug-likeness (QED) is 0.259. The summed E-state index contributed by atoms with van der Waals surface area (Å²) in [6.07, 6.45) is 1.57. The Labute approximate surface area is 173 Å². The lowest BCUT2D eigenvalue weighted by Crippen LogP contribution is -2.01. The standard InChI is InChI=1S/C22H18N4O3S/c1-14-5-4-6-15(11-14)19-10-9-16(13-24-19)25-26-20-12-21(30(27,28)29)17-7-2-3-8-18(17)22(20)23/h2-13H,23H2,1H3,(H,27,28,29)/b26-25+. The lowest BCUT2D eigenvalue weighted by Gasteiger charge is -2.09. The fourth-order valence-electron chi connectivity index (χ4n) is 3.18. The van der Waals surface area contributed by atoms with Crippen LogP contribution in [0.2, 0.25) is 0 Å². The van der Waals surface area contributed by atoms with Crippen molar-refractivity contribution < 1.29 is 13.0 Å². The second-order valence-electron chi connectivity index (χ2n) is 6.80. The first-order chi connectivity index (χ1) is 14.3. The molecule has 3 N–H and O–H groups in total. The van der Waals surface area contributed by atoms with Gasteiger partial charge in [-0.3, -0.25) is 9.54 Å². The largest absolute Gasteiger partial charge is 0.396 e. The molecule has 0 aliphatic rings. The summed E-state index contributed by atoms with van der Waals surface area (Å²) in [4.78, 5) is 4.14. The summed E-state index contributed by atoms with van der Waals surface area (Å²) >= 11 is 0. The number of fused-ring (bicyclic) bond motifs is 1. The number of benzene rings is 3. The van der Waals surface area contributed by atoms with Crippen molar-refractivity contribution in [3.8, 4) is 11.3 Å². The summed E-state index contributed by atoms with van der Waals surface area (Å²) in [6.45, 7) is 2.01. The van der Waals surface area contributed by atoms with Crippen LogP contribution >= 0.6 is 0 Å². The third-order valence-corrected chi connectivity index (χ3v) is 5.53. The van der Waals surface area contributed by atoms with E-state index in [1.807, 2.05) is 37.3 Å². The Kier molecular flexibility index (Phi) is 5.03. The first kappa shape index (κ1) is 19.7. The molecule has 0 saturated heterocycles. The second kappa shape index (κ2) is 7.66. The fraction of sp³-hybridized carbons (Fsp3) is 0.0455. The zero-order valence-electron chi connectivity index (χ0n) is 16.0. The summed E-state index contributed by atoms with van der Waals surface area (Å²) in [5.41, 5.74) is 9.99. The van der Waals surface area contributed by atoms with E-state index in [4.69, 9.17) is 5.73 Å². The summed E-state index contributed by atoms with van der Waals surface area (Å²) in [5.74, 6) is 0. The van der Waals surface area contributed by atoms with Gasteiger partial charge >= 0.3 is 0 Å². The van der Waals surface area contributed by atoms with E-state index in [9.17, 15) is 13.0 Å². The van der Waals surface area contributed by atoms with Gasteiger partial charge in [-0.15, -0.1) is 10.2 Å². The first-order valence-corrected chi connectivity index (χ1v) is 10.5. The van der Waals surface area contributed by atoms with E-state index in [0.29, 0.717) is 16.5 Å². The van der Waals surface area contributed by atoms with Crippen LogP contribution in [-0.2, 0) is 10.1 Å². The van der Waals surface area contributed by atoms with Crippen molar-refractivity contribution in [2.24, 2.45) is 10.2 Å². The van der Waals surface area contributed by atoms with E-state index in [0.717, 1.165) is 16.8 Å². The average molecular weight is 418 g/mol. The topological polar surface area (TPSA) is 118 Å². The number of aromatic nitrogens is 1. The Hall–Kier alpha value is -3.62. The van der Waals surface area contributed by atoms with Crippen molar-refractivity contribution in [3.05, 3.63) is 78.5 Å². The number of hydrogen-bond acceptors (Lipinski definition) is 6. The van der Waals surface area contributed by atoms with Crippen molar-refractivity contribution in [2.75, 3.05) is 5.73 Å². The summed E-state index contributed by atoms with van der Waals surface area (Å²) in [7, 11) is -4.46. The summed E-state index contributed by atoms with van der Waals surface area (Å²) < 4.78 is 33.2. The van der Waals surface area contributed by atoms with E-state index in [1.165, 1.54) is 6.07 Å². The highest BCUT2D eigenvalue weighted by Gasteiger charge is 2.18. The third-order valence-electron chi connectivity index (χ3n) is 4.64. The second-order valence-corrected chi connectivity index (χ2v) is 8.19. The zero-order valence-corrected chi connectivity index (χ0v) is 16.8. The zero-order chi connectivity index (χ0) is 21.3. The number of anilines is 1. The molecule has 7 nitrogen and oxygen atoms in total. The molecule has 0 bridgehead atoms. The molecule has 1 aromatic heterocycles. The van der Waals surface area contributed by atoms with Gasteiger partial charge < -0.3 is 5.73 Å². The molecule has 0 amide bonds. The molecule has 4 rings (SSSR count). The van der Waals surface area contributed by atoms with Gasteiger partial charge in [0.25, 0.3) is 10.1 Å². The number of nitrogens with two attached hydrogens (primary N) is 1. The summed E-state index contributed by atoms with van der Waals surface area (Å²) in [6, 6.07) is 19.4. The monoisotopic (exact) mass is 418 g/mol. The Morgan fingerprint density at radius 3 is 2.37 bits per heavy atom. The van der Waals surface area contributed by atoms with Crippen molar-refractivity contribution in [1.29, 1.82) is 0 Å². The molecule has 0 fully saturated rings. The number of rotatable bonds is 4. The molecule has 30 heavy (non-hydrogen) atoms. The maximum Gasteiger partial charge on any atom is 0.295 e. The molecule has 3 aromatic carbocycles. The summed E-state index contributed by atoms with van der Waals surface area (Å²) in [5, 5.41) is 9.01. The van der Waals surface area contributed by atoms with Gasteiger partial charge in [-0.2, -0.15) is 8.42 Å². The van der Waals surface area contributed by atoms with Crippen LogP contribution in [0.5, 0.6) is 0 Å². The maximum atomic E-state index is 11.8. The number of nitrogens with zero attached hydrogens (tertiary/aromatic N) is 3. The smallest absolute Gasteiger partial charge is 0.295 e. The average Bonchev–Trinajstić information content (AvgIpc) is 2.73. The lowest BCUT2D eigenvalue weighted by atomic mass is 10.1. The Morgan fingerprint density at radius 1 is 0.933 bits per heavy atom. The predicted molar refractivity (Wildman–Crippen MR) is 117 cm³/mol. The fourth-order valence-corrected chi connectivity index (χ4v) is 3.90. The number of hydrogen-bond donors (Lipinski definition) is 2. The predicted octanol–water partition coefficient (Wildman–Crippen LogP) is 5.45. The van der Waals surface area contributed by atoms with Gasteiger partial charge in [-0.1, -0.05) is 48.0 Å². The number of aryl methyl sites for hydroxylation is 1. The van der Waals surface area contributed by atoms with E-state index in [1.54, 1.807) is 36.5 Å². The normalized spacial score (nSPS) is 11.9. The van der Waals surface area contributed by atoms with E-state index in [-0.39, 0.29) is 16.3 Å². The molecule has 1 heterocycles. The minimum absolute atomic E-state index is 0.143. The minimum Gasteiger partial charge on any atom is -0.396 e. The third kappa shape index (κ3) is 3.91. The van der Waals surface area contributed by atoms with Crippen LogP contribution in [0.3, 0.4) is 0 Å². The Bertz CT molecular complexity index is 1380. The van der Waals surface area contributed by atoms with Gasteiger partial charge in [-0.05, 0) is 31.2 Å². The highest BCUT2D eigenvalue weighted by atomic mass is 32.2. The minimum atomic E-state index is -4.46. The van der Waals surface area contributed by atoms with Crippen LogP contribution < -0.4 is 5.73 Å². The molecular weight excluding hydrogens is 400 g/mol. The van der Waals surface area contributed by atoms with Crippen LogP contribution in [0.15, 0.2) is 88.1 Å². The Balaban J connectivity index is 1.71. The van der Waals surface area contributed by atoms with Crippen LogP contribution in [0.4, 0.5) is 17.1 Å². The van der Waals surface area contributed by atoms with E-state index < -0.39 is 10.1 Å². The molecule has 0 aliphatic carbocycles. The maximum absolute atomic E-state index is 11.8. The molecule has 150 valence electrons. The first-order valence-electron chi connectivity index (χ1n) is 9.06. The van der Waals surface area contributed by atoms with Crippen LogP contribution in [0.1, 0.15) is 5.56 Å². The molecule has 0 atom stereocenters. The Morgan fingerprint density at radius 2 is 1.70 bits per heavy atom. The lowest BCUT2D eigenvalue weighted by molar-refractivity contribution is 0.484. The molecule has 0 unspecified atom stereocenters. The van der Waals surface area contributed by atoms with Gasteiger partial charge in [-0.25, -0.2) is 0 Å². The molecule has 0 spiro atoms. The molecule has 0 saturated carbocycles. The van der Waals surface area contributed by atoms with Gasteiger partial charge in [0.05, 0.1) is 17.6 Å².